The first-order chi connectivity index (χ1) is 9.19. The number of hydrogen-bond donors (Lipinski definition) is 1. The number of para-hydroxylation sites is 2. The van der Waals surface area contributed by atoms with Crippen LogP contribution in [0.25, 0.3) is 0 Å². The number of ether oxygens (including phenoxy) is 2. The zero-order valence-corrected chi connectivity index (χ0v) is 12.6. The average molecular weight is 265 g/mol. The summed E-state index contributed by atoms with van der Waals surface area (Å²) < 4.78 is 11.6. The maximum atomic E-state index is 5.92. The van der Waals surface area contributed by atoms with E-state index in [1.807, 2.05) is 24.3 Å². The van der Waals surface area contributed by atoms with Gasteiger partial charge in [0.15, 0.2) is 11.5 Å². The van der Waals surface area contributed by atoms with Crippen LogP contribution < -0.4 is 14.8 Å². The first-order valence-corrected chi connectivity index (χ1v) is 7.27. The zero-order chi connectivity index (χ0) is 14.1. The molecule has 0 bridgehead atoms. The van der Waals surface area contributed by atoms with E-state index in [1.54, 1.807) is 0 Å². The fourth-order valence-corrected chi connectivity index (χ4v) is 1.83. The highest BCUT2D eigenvalue weighted by molar-refractivity contribution is 5.39. The lowest BCUT2D eigenvalue weighted by Crippen LogP contribution is -2.38. The van der Waals surface area contributed by atoms with Crippen LogP contribution in [0.2, 0.25) is 0 Å². The smallest absolute Gasteiger partial charge is 0.161 e. The van der Waals surface area contributed by atoms with Gasteiger partial charge in [0.2, 0.25) is 0 Å². The molecule has 1 atom stereocenters. The van der Waals surface area contributed by atoms with E-state index < -0.39 is 0 Å². The molecule has 1 rings (SSSR count). The highest BCUT2D eigenvalue weighted by atomic mass is 16.5. The Morgan fingerprint density at radius 2 is 1.68 bits per heavy atom. The van der Waals surface area contributed by atoms with Crippen LogP contribution in [0.5, 0.6) is 11.5 Å². The Bertz CT molecular complexity index is 352. The minimum absolute atomic E-state index is 0.365. The van der Waals surface area contributed by atoms with Crippen molar-refractivity contribution in [2.45, 2.75) is 40.2 Å². The fourth-order valence-electron chi connectivity index (χ4n) is 1.83. The molecular weight excluding hydrogens is 238 g/mol. The highest BCUT2D eigenvalue weighted by Crippen LogP contribution is 2.26. The van der Waals surface area contributed by atoms with Gasteiger partial charge < -0.3 is 14.8 Å². The van der Waals surface area contributed by atoms with E-state index in [0.717, 1.165) is 31.1 Å². The monoisotopic (exact) mass is 265 g/mol. The summed E-state index contributed by atoms with van der Waals surface area (Å²) in [6, 6.07) is 8.24. The summed E-state index contributed by atoms with van der Waals surface area (Å²) in [7, 11) is 0. The summed E-state index contributed by atoms with van der Waals surface area (Å²) in [5, 5.41) is 3.45. The lowest BCUT2D eigenvalue weighted by Gasteiger charge is -2.22. The topological polar surface area (TPSA) is 30.5 Å². The highest BCUT2D eigenvalue weighted by Gasteiger charge is 2.14. The van der Waals surface area contributed by atoms with Gasteiger partial charge in [-0.25, -0.2) is 0 Å². The molecule has 1 aromatic carbocycles. The standard InChI is InChI=1S/C16H27NO2/c1-5-11-18-15-9-7-8-10-16(15)19-12-14(13(3)4)17-6-2/h7-10,13-14,17H,5-6,11-12H2,1-4H3. The second kappa shape index (κ2) is 8.81. The normalized spacial score (nSPS) is 12.5. The molecule has 108 valence electrons. The quantitative estimate of drug-likeness (QED) is 0.741. The van der Waals surface area contributed by atoms with Crippen LogP contribution in [-0.2, 0) is 0 Å². The second-order valence-electron chi connectivity index (χ2n) is 5.01. The van der Waals surface area contributed by atoms with Gasteiger partial charge in [-0.15, -0.1) is 0 Å². The Hall–Kier alpha value is -1.22. The molecule has 0 aliphatic heterocycles. The average Bonchev–Trinajstić information content (AvgIpc) is 2.41. The molecular formula is C16H27NO2. The van der Waals surface area contributed by atoms with E-state index in [0.29, 0.717) is 18.6 Å². The van der Waals surface area contributed by atoms with Crippen molar-refractivity contribution in [2.24, 2.45) is 5.92 Å². The predicted molar refractivity (Wildman–Crippen MR) is 80.0 cm³/mol. The molecule has 1 unspecified atom stereocenters. The third-order valence-corrected chi connectivity index (χ3v) is 3.00. The van der Waals surface area contributed by atoms with Gasteiger partial charge in [0.05, 0.1) is 6.61 Å². The largest absolute Gasteiger partial charge is 0.490 e. The summed E-state index contributed by atoms with van der Waals surface area (Å²) in [6.07, 6.45) is 1.00. The van der Waals surface area contributed by atoms with Gasteiger partial charge in [-0.05, 0) is 31.0 Å². The van der Waals surface area contributed by atoms with Gasteiger partial charge in [-0.3, -0.25) is 0 Å². The van der Waals surface area contributed by atoms with Gasteiger partial charge in [0.1, 0.15) is 6.61 Å². The molecule has 1 aromatic rings. The molecule has 0 heterocycles. The fraction of sp³-hybridized carbons (Fsp3) is 0.625. The molecule has 0 spiro atoms. The Kier molecular flexibility index (Phi) is 7.34. The van der Waals surface area contributed by atoms with E-state index in [9.17, 15) is 0 Å². The summed E-state index contributed by atoms with van der Waals surface area (Å²) in [6.45, 7) is 11.0. The molecule has 0 fully saturated rings. The zero-order valence-electron chi connectivity index (χ0n) is 12.6. The Morgan fingerprint density at radius 3 is 2.21 bits per heavy atom. The van der Waals surface area contributed by atoms with Crippen LogP contribution in [-0.4, -0.2) is 25.8 Å². The van der Waals surface area contributed by atoms with E-state index >= 15 is 0 Å². The van der Waals surface area contributed by atoms with Crippen LogP contribution in [0.3, 0.4) is 0 Å². The van der Waals surface area contributed by atoms with Crippen molar-refractivity contribution in [1.29, 1.82) is 0 Å². The summed E-state index contributed by atoms with van der Waals surface area (Å²) in [5.74, 6) is 2.21. The van der Waals surface area contributed by atoms with Crippen molar-refractivity contribution in [2.75, 3.05) is 19.8 Å². The minimum Gasteiger partial charge on any atom is -0.490 e. The molecule has 0 aliphatic rings. The minimum atomic E-state index is 0.365. The third-order valence-electron chi connectivity index (χ3n) is 3.00. The van der Waals surface area contributed by atoms with Crippen LogP contribution >= 0.6 is 0 Å². The van der Waals surface area contributed by atoms with Gasteiger partial charge in [-0.2, -0.15) is 0 Å². The number of benzene rings is 1. The predicted octanol–water partition coefficient (Wildman–Crippen LogP) is 3.49. The Labute approximate surface area is 117 Å². The summed E-state index contributed by atoms with van der Waals surface area (Å²) >= 11 is 0. The van der Waals surface area contributed by atoms with Crippen molar-refractivity contribution < 1.29 is 9.47 Å². The van der Waals surface area contributed by atoms with Crippen molar-refractivity contribution in [3.05, 3.63) is 24.3 Å². The SMILES string of the molecule is CCCOc1ccccc1OCC(NCC)C(C)C. The second-order valence-corrected chi connectivity index (χ2v) is 5.01. The Morgan fingerprint density at radius 1 is 1.05 bits per heavy atom. The van der Waals surface area contributed by atoms with Gasteiger partial charge >= 0.3 is 0 Å². The molecule has 0 aliphatic carbocycles. The lowest BCUT2D eigenvalue weighted by molar-refractivity contribution is 0.218. The maximum Gasteiger partial charge on any atom is 0.161 e. The van der Waals surface area contributed by atoms with Gasteiger partial charge in [-0.1, -0.05) is 39.8 Å². The molecule has 1 N–H and O–H groups in total. The third kappa shape index (κ3) is 5.52. The number of rotatable bonds is 9. The molecule has 19 heavy (non-hydrogen) atoms. The van der Waals surface area contributed by atoms with E-state index in [2.05, 4.69) is 33.0 Å². The molecule has 3 heteroatoms. The van der Waals surface area contributed by atoms with Crippen LogP contribution in [0.1, 0.15) is 34.1 Å². The van der Waals surface area contributed by atoms with E-state index in [1.165, 1.54) is 0 Å². The lowest BCUT2D eigenvalue weighted by atomic mass is 10.1. The molecule has 0 aromatic heterocycles. The van der Waals surface area contributed by atoms with E-state index in [-0.39, 0.29) is 0 Å². The first-order valence-electron chi connectivity index (χ1n) is 7.27. The molecule has 0 saturated heterocycles. The van der Waals surface area contributed by atoms with Gasteiger partial charge in [0.25, 0.3) is 0 Å². The Balaban J connectivity index is 2.60. The summed E-state index contributed by atoms with van der Waals surface area (Å²) in [4.78, 5) is 0. The van der Waals surface area contributed by atoms with Gasteiger partial charge in [0, 0.05) is 6.04 Å². The van der Waals surface area contributed by atoms with E-state index in [4.69, 9.17) is 9.47 Å². The number of nitrogens with one attached hydrogen (secondary N) is 1. The van der Waals surface area contributed by atoms with Crippen LogP contribution in [0.15, 0.2) is 24.3 Å². The van der Waals surface area contributed by atoms with Crippen LogP contribution in [0.4, 0.5) is 0 Å². The molecule has 0 amide bonds. The molecule has 0 saturated carbocycles. The maximum absolute atomic E-state index is 5.92. The van der Waals surface area contributed by atoms with Crippen molar-refractivity contribution >= 4 is 0 Å². The summed E-state index contributed by atoms with van der Waals surface area (Å²) in [5.41, 5.74) is 0. The number of likely N-dealkylation sites (N-methyl/N-ethyl adjacent to an activating group) is 1. The molecule has 0 radical (unpaired) electrons. The van der Waals surface area contributed by atoms with Crippen molar-refractivity contribution in [3.8, 4) is 11.5 Å². The van der Waals surface area contributed by atoms with Crippen LogP contribution in [0, 0.1) is 5.92 Å². The van der Waals surface area contributed by atoms with Crippen molar-refractivity contribution in [3.63, 3.8) is 0 Å². The van der Waals surface area contributed by atoms with Crippen molar-refractivity contribution in [1.82, 2.24) is 5.32 Å². The molecule has 3 nitrogen and oxygen atoms in total. The number of hydrogen-bond acceptors (Lipinski definition) is 3. The first kappa shape index (κ1) is 15.8.